The largest absolute Gasteiger partial charge is 0.335 e. The van der Waals surface area contributed by atoms with Gasteiger partial charge >= 0.3 is 6.03 Å². The number of fused-ring (bicyclic) bond motifs is 2. The number of hydrogen-bond acceptors (Lipinski definition) is 4. The maximum Gasteiger partial charge on any atom is 0.320 e. The number of nitrogens with zero attached hydrogens (tertiary/aromatic N) is 3. The van der Waals surface area contributed by atoms with Crippen LogP contribution < -0.4 is 10.6 Å². The van der Waals surface area contributed by atoms with Gasteiger partial charge in [0, 0.05) is 42.3 Å². The first-order chi connectivity index (χ1) is 20.0. The molecule has 0 spiro atoms. The summed E-state index contributed by atoms with van der Waals surface area (Å²) in [7, 11) is 0. The fourth-order valence-corrected chi connectivity index (χ4v) is 8.17. The summed E-state index contributed by atoms with van der Waals surface area (Å²) in [5, 5.41) is 7.91. The molecule has 3 atom stereocenters. The van der Waals surface area contributed by atoms with Crippen molar-refractivity contribution in [1.29, 1.82) is 0 Å². The number of rotatable bonds is 10. The first kappa shape index (κ1) is 30.6. The number of hydrogen-bond donors (Lipinski definition) is 2. The lowest BCUT2D eigenvalue weighted by molar-refractivity contribution is -0.139. The second-order valence-electron chi connectivity index (χ2n) is 12.9. The Morgan fingerprint density at radius 1 is 0.927 bits per heavy atom. The third kappa shape index (κ3) is 7.40. The summed E-state index contributed by atoms with van der Waals surface area (Å²) in [5.74, 6) is 0.855. The molecule has 1 saturated carbocycles. The van der Waals surface area contributed by atoms with Crippen LogP contribution in [0.1, 0.15) is 90.0 Å². The monoisotopic (exact) mass is 585 g/mol. The first-order valence-corrected chi connectivity index (χ1v) is 16.9. The van der Waals surface area contributed by atoms with Crippen LogP contribution >= 0.6 is 11.6 Å². The second-order valence-corrected chi connectivity index (χ2v) is 13.3. The highest BCUT2D eigenvalue weighted by Gasteiger charge is 2.48. The van der Waals surface area contributed by atoms with Crippen molar-refractivity contribution >= 4 is 23.5 Å². The molecule has 2 bridgehead atoms. The van der Waals surface area contributed by atoms with Crippen LogP contribution in [0, 0.1) is 5.92 Å². The van der Waals surface area contributed by atoms with E-state index in [-0.39, 0.29) is 36.1 Å². The second kappa shape index (κ2) is 14.6. The molecule has 5 rings (SSSR count). The molecule has 3 amide bonds. The molecule has 41 heavy (non-hydrogen) atoms. The van der Waals surface area contributed by atoms with E-state index in [0.717, 1.165) is 94.7 Å². The minimum atomic E-state index is -0.238. The van der Waals surface area contributed by atoms with Crippen LogP contribution in [0.15, 0.2) is 24.3 Å². The summed E-state index contributed by atoms with van der Waals surface area (Å²) in [6, 6.07) is 8.93. The van der Waals surface area contributed by atoms with Crippen molar-refractivity contribution in [3.8, 4) is 0 Å². The number of amides is 3. The van der Waals surface area contributed by atoms with Gasteiger partial charge in [-0.1, -0.05) is 43.0 Å². The van der Waals surface area contributed by atoms with Crippen LogP contribution in [0.25, 0.3) is 0 Å². The van der Waals surface area contributed by atoms with E-state index >= 15 is 0 Å². The zero-order chi connectivity index (χ0) is 28.8. The zero-order valence-corrected chi connectivity index (χ0v) is 26.1. The fourth-order valence-electron chi connectivity index (χ4n) is 8.04. The van der Waals surface area contributed by atoms with Gasteiger partial charge in [-0.25, -0.2) is 4.79 Å². The first-order valence-electron chi connectivity index (χ1n) is 16.6. The summed E-state index contributed by atoms with van der Waals surface area (Å²) in [6.07, 6.45) is 12.8. The van der Waals surface area contributed by atoms with Crippen LogP contribution in [0.5, 0.6) is 0 Å². The lowest BCUT2D eigenvalue weighted by atomic mass is 9.89. The predicted molar refractivity (Wildman–Crippen MR) is 166 cm³/mol. The summed E-state index contributed by atoms with van der Waals surface area (Å²) in [6.45, 7) is 8.67. The number of halogens is 1. The Morgan fingerprint density at radius 2 is 1.56 bits per heavy atom. The van der Waals surface area contributed by atoms with Gasteiger partial charge in [0.15, 0.2) is 0 Å². The van der Waals surface area contributed by atoms with Crippen molar-refractivity contribution in [3.63, 3.8) is 0 Å². The molecule has 1 aromatic carbocycles. The normalized spacial score (nSPS) is 26.1. The van der Waals surface area contributed by atoms with Crippen molar-refractivity contribution in [3.05, 3.63) is 34.9 Å². The van der Waals surface area contributed by atoms with Gasteiger partial charge in [0.05, 0.1) is 6.04 Å². The molecule has 4 fully saturated rings. The number of benzene rings is 1. The quantitative estimate of drug-likeness (QED) is 0.383. The molecule has 2 unspecified atom stereocenters. The van der Waals surface area contributed by atoms with E-state index in [0.29, 0.717) is 18.4 Å². The third-order valence-corrected chi connectivity index (χ3v) is 10.6. The summed E-state index contributed by atoms with van der Waals surface area (Å²) < 4.78 is 0. The smallest absolute Gasteiger partial charge is 0.320 e. The van der Waals surface area contributed by atoms with Crippen molar-refractivity contribution < 1.29 is 9.59 Å². The predicted octanol–water partition coefficient (Wildman–Crippen LogP) is 5.46. The maximum atomic E-state index is 14.4. The van der Waals surface area contributed by atoms with Gasteiger partial charge in [-0.05, 0) is 115 Å². The Morgan fingerprint density at radius 3 is 2.17 bits per heavy atom. The van der Waals surface area contributed by atoms with Gasteiger partial charge < -0.3 is 25.3 Å². The van der Waals surface area contributed by atoms with E-state index in [1.54, 1.807) is 0 Å². The molecule has 1 aliphatic carbocycles. The number of piperidine rings is 2. The molecule has 0 radical (unpaired) electrons. The lowest BCUT2D eigenvalue weighted by Crippen LogP contribution is -2.61. The standard InChI is InChI=1S/C33H52ClN5O2/c1-3-37(4-2)33(41)39(27-8-6-5-7-9-27)30-21-28-14-15-29(22-30)38(28)32(40)31(20-24-10-12-26(34)13-11-24)36-23-25-16-18-35-19-17-25/h10-13,25,27-31,35-36H,3-9,14-23H2,1-2H3/t28?,29?,30?,31-/m0/s1. The molecule has 3 saturated heterocycles. The Bertz CT molecular complexity index is 976. The van der Waals surface area contributed by atoms with E-state index in [4.69, 9.17) is 11.6 Å². The molecular weight excluding hydrogens is 534 g/mol. The van der Waals surface area contributed by atoms with Crippen LogP contribution in [0.2, 0.25) is 5.02 Å². The molecule has 7 nitrogen and oxygen atoms in total. The van der Waals surface area contributed by atoms with Crippen LogP contribution in [-0.2, 0) is 11.2 Å². The summed E-state index contributed by atoms with van der Waals surface area (Å²) in [5.41, 5.74) is 1.14. The van der Waals surface area contributed by atoms with Gasteiger partial charge in [0.1, 0.15) is 0 Å². The minimum absolute atomic E-state index is 0.218. The zero-order valence-electron chi connectivity index (χ0n) is 25.3. The molecule has 228 valence electrons. The highest BCUT2D eigenvalue weighted by molar-refractivity contribution is 6.30. The molecule has 0 aromatic heterocycles. The highest BCUT2D eigenvalue weighted by Crippen LogP contribution is 2.40. The van der Waals surface area contributed by atoms with Crippen molar-refractivity contribution in [1.82, 2.24) is 25.3 Å². The average molecular weight is 586 g/mol. The highest BCUT2D eigenvalue weighted by atomic mass is 35.5. The maximum absolute atomic E-state index is 14.4. The number of urea groups is 1. The van der Waals surface area contributed by atoms with Crippen LogP contribution in [-0.4, -0.2) is 89.6 Å². The van der Waals surface area contributed by atoms with Crippen LogP contribution in [0.3, 0.4) is 0 Å². The van der Waals surface area contributed by atoms with E-state index in [9.17, 15) is 9.59 Å². The average Bonchev–Trinajstić information content (AvgIpc) is 3.27. The SMILES string of the molecule is CCN(CC)C(=O)N(C1CCCCC1)C1CC2CCC(C1)N2C(=O)[C@H](Cc1ccc(Cl)cc1)NCC1CCNCC1. The Hall–Kier alpha value is -1.83. The molecular formula is C33H52ClN5O2. The molecule has 3 aliphatic heterocycles. The lowest BCUT2D eigenvalue weighted by Gasteiger charge is -2.48. The Labute approximate surface area is 252 Å². The third-order valence-electron chi connectivity index (χ3n) is 10.3. The van der Waals surface area contributed by atoms with Gasteiger partial charge in [-0.3, -0.25) is 4.79 Å². The molecule has 2 N–H and O–H groups in total. The molecule has 4 aliphatic rings. The van der Waals surface area contributed by atoms with Crippen LogP contribution in [0.4, 0.5) is 4.79 Å². The molecule has 1 aromatic rings. The van der Waals surface area contributed by atoms with E-state index < -0.39 is 0 Å². The van der Waals surface area contributed by atoms with Crippen molar-refractivity contribution in [2.45, 2.75) is 121 Å². The van der Waals surface area contributed by atoms with Crippen molar-refractivity contribution in [2.75, 3.05) is 32.7 Å². The van der Waals surface area contributed by atoms with Crippen molar-refractivity contribution in [2.24, 2.45) is 5.92 Å². The van der Waals surface area contributed by atoms with E-state index in [1.807, 2.05) is 17.0 Å². The minimum Gasteiger partial charge on any atom is -0.335 e. The molecule has 3 heterocycles. The summed E-state index contributed by atoms with van der Waals surface area (Å²) >= 11 is 6.17. The molecule has 8 heteroatoms. The number of carbonyl (C=O) groups excluding carboxylic acids is 2. The van der Waals surface area contributed by atoms with E-state index in [1.165, 1.54) is 19.3 Å². The Balaban J connectivity index is 1.31. The van der Waals surface area contributed by atoms with Gasteiger partial charge in [0.2, 0.25) is 5.91 Å². The van der Waals surface area contributed by atoms with Gasteiger partial charge in [-0.2, -0.15) is 0 Å². The van der Waals surface area contributed by atoms with Gasteiger partial charge in [0.25, 0.3) is 0 Å². The summed E-state index contributed by atoms with van der Waals surface area (Å²) in [4.78, 5) is 34.8. The number of carbonyl (C=O) groups is 2. The van der Waals surface area contributed by atoms with E-state index in [2.05, 4.69) is 46.4 Å². The topological polar surface area (TPSA) is 67.9 Å². The van der Waals surface area contributed by atoms with Gasteiger partial charge in [-0.15, -0.1) is 0 Å². The Kier molecular flexibility index (Phi) is 10.9. The number of nitrogens with one attached hydrogen (secondary N) is 2. The fraction of sp³-hybridized carbons (Fsp3) is 0.758.